The van der Waals surface area contributed by atoms with Gasteiger partial charge in [0.2, 0.25) is 0 Å². The van der Waals surface area contributed by atoms with Gasteiger partial charge in [-0.1, -0.05) is 6.07 Å². The Bertz CT molecular complexity index is 1210. The van der Waals surface area contributed by atoms with Crippen LogP contribution in [0.15, 0.2) is 65.6 Å². The summed E-state index contributed by atoms with van der Waals surface area (Å²) in [4.78, 5) is 40.6. The standard InChI is InChI=1S/C25H24FN3O3/c1-17-12-15-29(21-10-8-19(26)9-11-21)25(32)22(17)23(30)27-20-7-5-6-18(16-20)24(31)28-13-3-2-4-14-28/h5-12,15-16H,2-4,13-14H2,1H3,(H,27,30). The van der Waals surface area contributed by atoms with Crippen LogP contribution in [0.5, 0.6) is 0 Å². The summed E-state index contributed by atoms with van der Waals surface area (Å²) in [5.74, 6) is -1.03. The molecule has 6 nitrogen and oxygen atoms in total. The van der Waals surface area contributed by atoms with Crippen LogP contribution in [0, 0.1) is 12.7 Å². The van der Waals surface area contributed by atoms with Crippen LogP contribution in [0.3, 0.4) is 0 Å². The number of hydrogen-bond acceptors (Lipinski definition) is 3. The largest absolute Gasteiger partial charge is 0.339 e. The molecule has 1 fully saturated rings. The number of aryl methyl sites for hydroxylation is 1. The van der Waals surface area contributed by atoms with Crippen molar-refractivity contribution in [3.63, 3.8) is 0 Å². The molecule has 1 aromatic heterocycles. The van der Waals surface area contributed by atoms with Gasteiger partial charge in [0.1, 0.15) is 11.4 Å². The molecule has 1 aliphatic rings. The molecule has 1 N–H and O–H groups in total. The van der Waals surface area contributed by atoms with Crippen LogP contribution in [0.1, 0.15) is 45.5 Å². The third-order valence-electron chi connectivity index (χ3n) is 5.64. The molecule has 0 unspecified atom stereocenters. The van der Waals surface area contributed by atoms with Crippen LogP contribution < -0.4 is 10.9 Å². The molecule has 7 heteroatoms. The Morgan fingerprint density at radius 3 is 2.41 bits per heavy atom. The number of benzene rings is 2. The number of anilines is 1. The Labute approximate surface area is 185 Å². The van der Waals surface area contributed by atoms with Gasteiger partial charge in [-0.05, 0) is 80.3 Å². The molecule has 1 aliphatic heterocycles. The maximum atomic E-state index is 13.2. The quantitative estimate of drug-likeness (QED) is 0.672. The molecule has 2 heterocycles. The number of amides is 2. The summed E-state index contributed by atoms with van der Waals surface area (Å²) in [6.07, 6.45) is 4.68. The van der Waals surface area contributed by atoms with Crippen molar-refractivity contribution >= 4 is 17.5 Å². The zero-order valence-corrected chi connectivity index (χ0v) is 17.8. The van der Waals surface area contributed by atoms with Crippen LogP contribution in [0.4, 0.5) is 10.1 Å². The number of carbonyl (C=O) groups excluding carboxylic acids is 2. The zero-order valence-electron chi connectivity index (χ0n) is 17.8. The number of halogens is 1. The van der Waals surface area contributed by atoms with Crippen molar-refractivity contribution in [3.05, 3.63) is 93.7 Å². The van der Waals surface area contributed by atoms with E-state index in [0.29, 0.717) is 22.5 Å². The third kappa shape index (κ3) is 4.46. The van der Waals surface area contributed by atoms with Gasteiger partial charge in [0.25, 0.3) is 17.4 Å². The van der Waals surface area contributed by atoms with Gasteiger partial charge in [-0.25, -0.2) is 4.39 Å². The Balaban J connectivity index is 1.59. The number of aromatic nitrogens is 1. The van der Waals surface area contributed by atoms with Crippen molar-refractivity contribution in [2.45, 2.75) is 26.2 Å². The predicted octanol–water partition coefficient (Wildman–Crippen LogP) is 4.16. The van der Waals surface area contributed by atoms with E-state index in [1.165, 1.54) is 28.8 Å². The lowest BCUT2D eigenvalue weighted by Gasteiger charge is -2.26. The fourth-order valence-electron chi connectivity index (χ4n) is 3.91. The van der Waals surface area contributed by atoms with Crippen molar-refractivity contribution < 1.29 is 14.0 Å². The second-order valence-corrected chi connectivity index (χ2v) is 7.91. The minimum Gasteiger partial charge on any atom is -0.339 e. The van der Waals surface area contributed by atoms with E-state index in [0.717, 1.165) is 32.4 Å². The average molecular weight is 433 g/mol. The average Bonchev–Trinajstić information content (AvgIpc) is 2.80. The molecule has 3 aromatic rings. The summed E-state index contributed by atoms with van der Waals surface area (Å²) in [6, 6.07) is 13.9. The molecule has 0 saturated carbocycles. The van der Waals surface area contributed by atoms with Gasteiger partial charge < -0.3 is 10.2 Å². The molecule has 2 amide bonds. The molecule has 0 aliphatic carbocycles. The summed E-state index contributed by atoms with van der Waals surface area (Å²) in [6.45, 7) is 3.16. The van der Waals surface area contributed by atoms with Crippen LogP contribution in [0.2, 0.25) is 0 Å². The number of likely N-dealkylation sites (tertiary alicyclic amines) is 1. The van der Waals surface area contributed by atoms with E-state index in [2.05, 4.69) is 5.32 Å². The van der Waals surface area contributed by atoms with E-state index in [9.17, 15) is 18.8 Å². The Hall–Kier alpha value is -3.74. The van der Waals surface area contributed by atoms with Gasteiger partial charge in [0.05, 0.1) is 0 Å². The van der Waals surface area contributed by atoms with Crippen molar-refractivity contribution in [2.75, 3.05) is 18.4 Å². The van der Waals surface area contributed by atoms with E-state index in [1.807, 2.05) is 4.90 Å². The molecule has 32 heavy (non-hydrogen) atoms. The Morgan fingerprint density at radius 2 is 1.69 bits per heavy atom. The zero-order chi connectivity index (χ0) is 22.7. The highest BCUT2D eigenvalue weighted by atomic mass is 19.1. The van der Waals surface area contributed by atoms with Crippen molar-refractivity contribution in [2.24, 2.45) is 0 Å². The monoisotopic (exact) mass is 433 g/mol. The summed E-state index contributed by atoms with van der Waals surface area (Å²) >= 11 is 0. The van der Waals surface area contributed by atoms with Gasteiger partial charge in [0.15, 0.2) is 0 Å². The Morgan fingerprint density at radius 1 is 0.969 bits per heavy atom. The molecule has 0 atom stereocenters. The lowest BCUT2D eigenvalue weighted by atomic mass is 10.1. The fourth-order valence-corrected chi connectivity index (χ4v) is 3.91. The minimum atomic E-state index is -0.563. The molecular weight excluding hydrogens is 409 g/mol. The van der Waals surface area contributed by atoms with Crippen molar-refractivity contribution in [1.82, 2.24) is 9.47 Å². The van der Waals surface area contributed by atoms with E-state index < -0.39 is 17.3 Å². The maximum Gasteiger partial charge on any atom is 0.268 e. The highest BCUT2D eigenvalue weighted by Gasteiger charge is 2.20. The fraction of sp³-hybridized carbons (Fsp3) is 0.240. The first-order chi connectivity index (χ1) is 15.4. The smallest absolute Gasteiger partial charge is 0.268 e. The Kier molecular flexibility index (Phi) is 6.16. The topological polar surface area (TPSA) is 71.4 Å². The number of piperidine rings is 1. The SMILES string of the molecule is Cc1ccn(-c2ccc(F)cc2)c(=O)c1C(=O)Nc1cccc(C(=O)N2CCCCC2)c1. The summed E-state index contributed by atoms with van der Waals surface area (Å²) in [5.41, 5.74) is 1.40. The molecule has 0 bridgehead atoms. The number of carbonyl (C=O) groups is 2. The number of nitrogens with zero attached hydrogens (tertiary/aromatic N) is 2. The van der Waals surface area contributed by atoms with Crippen molar-refractivity contribution in [1.29, 1.82) is 0 Å². The van der Waals surface area contributed by atoms with Gasteiger partial charge >= 0.3 is 0 Å². The number of rotatable bonds is 4. The lowest BCUT2D eigenvalue weighted by Crippen LogP contribution is -2.35. The van der Waals surface area contributed by atoms with Gasteiger partial charge in [-0.3, -0.25) is 19.0 Å². The van der Waals surface area contributed by atoms with E-state index in [1.54, 1.807) is 43.5 Å². The number of pyridine rings is 1. The highest BCUT2D eigenvalue weighted by molar-refractivity contribution is 6.05. The first-order valence-electron chi connectivity index (χ1n) is 10.6. The van der Waals surface area contributed by atoms with Crippen LogP contribution in [-0.4, -0.2) is 34.4 Å². The maximum absolute atomic E-state index is 13.2. The molecule has 2 aromatic carbocycles. The van der Waals surface area contributed by atoms with Crippen LogP contribution >= 0.6 is 0 Å². The second-order valence-electron chi connectivity index (χ2n) is 7.91. The molecule has 4 rings (SSSR count). The lowest BCUT2D eigenvalue weighted by molar-refractivity contribution is 0.0724. The summed E-state index contributed by atoms with van der Waals surface area (Å²) in [7, 11) is 0. The van der Waals surface area contributed by atoms with E-state index in [4.69, 9.17) is 0 Å². The highest BCUT2D eigenvalue weighted by Crippen LogP contribution is 2.18. The second kappa shape index (κ2) is 9.18. The molecule has 1 saturated heterocycles. The van der Waals surface area contributed by atoms with E-state index >= 15 is 0 Å². The number of hydrogen-bond donors (Lipinski definition) is 1. The van der Waals surface area contributed by atoms with Crippen molar-refractivity contribution in [3.8, 4) is 5.69 Å². The first-order valence-corrected chi connectivity index (χ1v) is 10.6. The van der Waals surface area contributed by atoms with Gasteiger partial charge in [-0.2, -0.15) is 0 Å². The van der Waals surface area contributed by atoms with Gasteiger partial charge in [-0.15, -0.1) is 0 Å². The van der Waals surface area contributed by atoms with Crippen LogP contribution in [0.25, 0.3) is 5.69 Å². The van der Waals surface area contributed by atoms with Crippen LogP contribution in [-0.2, 0) is 0 Å². The summed E-state index contributed by atoms with van der Waals surface area (Å²) in [5, 5.41) is 2.74. The third-order valence-corrected chi connectivity index (χ3v) is 5.64. The minimum absolute atomic E-state index is 0.00964. The molecule has 0 radical (unpaired) electrons. The predicted molar refractivity (Wildman–Crippen MR) is 121 cm³/mol. The van der Waals surface area contributed by atoms with Gasteiger partial charge in [0, 0.05) is 36.2 Å². The summed E-state index contributed by atoms with van der Waals surface area (Å²) < 4.78 is 14.5. The first kappa shape index (κ1) is 21.5. The number of nitrogens with one attached hydrogen (secondary N) is 1. The van der Waals surface area contributed by atoms with E-state index in [-0.39, 0.29) is 11.5 Å². The molecule has 0 spiro atoms. The normalized spacial score (nSPS) is 13.6. The molecule has 164 valence electrons. The molecular formula is C25H24FN3O3.